The molecule has 1 aliphatic heterocycles. The van der Waals surface area contributed by atoms with E-state index >= 15 is 0 Å². The molecule has 64 valence electrons. The highest BCUT2D eigenvalue weighted by Gasteiger charge is 2.17. The van der Waals surface area contributed by atoms with E-state index in [1.54, 1.807) is 0 Å². The van der Waals surface area contributed by atoms with Crippen molar-refractivity contribution in [2.45, 2.75) is 18.9 Å². The first kappa shape index (κ1) is 8.58. The molecule has 0 aromatic heterocycles. The van der Waals surface area contributed by atoms with Gasteiger partial charge in [0.2, 0.25) is 0 Å². The monoisotopic (exact) mass is 178 g/mol. The zero-order chi connectivity index (χ0) is 8.27. The van der Waals surface area contributed by atoms with Crippen molar-refractivity contribution in [1.82, 2.24) is 10.6 Å². The van der Waals surface area contributed by atoms with E-state index in [0.717, 1.165) is 0 Å². The molecular weight excluding hydrogens is 168 g/mol. The molecule has 0 radical (unpaired) electrons. The average Bonchev–Trinajstić information content (AvgIpc) is 1.85. The van der Waals surface area contributed by atoms with Gasteiger partial charge in [0.25, 0.3) is 0 Å². The summed E-state index contributed by atoms with van der Waals surface area (Å²) in [6.07, 6.45) is -0.333. The Hall–Kier alpha value is -0.520. The number of nitrogens with two attached hydrogens (primary N) is 1. The summed E-state index contributed by atoms with van der Waals surface area (Å²) >= 11 is 5.64. The van der Waals surface area contributed by atoms with Crippen LogP contribution >= 0.6 is 11.6 Å². The first-order valence-corrected chi connectivity index (χ1v) is 3.77. The topological polar surface area (TPSA) is 71.7 Å². The quantitative estimate of drug-likeness (QED) is 0.388. The predicted octanol–water partition coefficient (Wildman–Crippen LogP) is -0.664. The normalized spacial score (nSPS) is 30.9. The Morgan fingerprint density at radius 2 is 2.55 bits per heavy atom. The van der Waals surface area contributed by atoms with E-state index in [-0.39, 0.29) is 6.35 Å². The molecule has 11 heavy (non-hydrogen) atoms. The van der Waals surface area contributed by atoms with Crippen molar-refractivity contribution in [3.8, 4) is 0 Å². The largest absolute Gasteiger partial charge is 0.370 e. The van der Waals surface area contributed by atoms with E-state index in [0.29, 0.717) is 12.6 Å². The molecule has 0 aromatic carbocycles. The molecule has 0 aliphatic carbocycles. The van der Waals surface area contributed by atoms with Crippen LogP contribution in [0.1, 0.15) is 6.92 Å². The summed E-state index contributed by atoms with van der Waals surface area (Å²) in [6, 6.07) is 0. The van der Waals surface area contributed by atoms with Gasteiger partial charge in [-0.2, -0.15) is 0 Å². The van der Waals surface area contributed by atoms with Crippen LogP contribution in [0.2, 0.25) is 0 Å². The van der Waals surface area contributed by atoms with Crippen LogP contribution in [0, 0.1) is 0 Å². The van der Waals surface area contributed by atoms with Crippen molar-refractivity contribution in [3.63, 3.8) is 0 Å². The number of rotatable bonds is 2. The molecule has 0 fully saturated rings. The Labute approximate surface area is 69.9 Å². The molecule has 0 amide bonds. The minimum Gasteiger partial charge on any atom is -0.370 e. The summed E-state index contributed by atoms with van der Waals surface area (Å²) in [7, 11) is 0. The summed E-state index contributed by atoms with van der Waals surface area (Å²) in [6.45, 7) is 2.47. The van der Waals surface area contributed by atoms with Gasteiger partial charge in [0.05, 0.1) is 0 Å². The van der Waals surface area contributed by atoms with Crippen LogP contribution < -0.4 is 16.4 Å². The number of hydrogen-bond donors (Lipinski definition) is 3. The Bertz CT molecular complexity index is 163. The smallest absolute Gasteiger partial charge is 0.194 e. The minimum atomic E-state index is -0.507. The van der Waals surface area contributed by atoms with Crippen molar-refractivity contribution < 1.29 is 4.74 Å². The van der Waals surface area contributed by atoms with Crippen LogP contribution in [0.3, 0.4) is 0 Å². The molecule has 0 saturated heterocycles. The van der Waals surface area contributed by atoms with E-state index < -0.39 is 5.62 Å². The fourth-order valence-corrected chi connectivity index (χ4v) is 0.974. The van der Waals surface area contributed by atoms with Crippen LogP contribution in [0.4, 0.5) is 0 Å². The van der Waals surface area contributed by atoms with E-state index in [4.69, 9.17) is 22.1 Å². The number of nitrogens with zero attached hydrogens (tertiary/aromatic N) is 1. The highest BCUT2D eigenvalue weighted by atomic mass is 35.5. The molecule has 0 spiro atoms. The molecule has 1 rings (SSSR count). The summed E-state index contributed by atoms with van der Waals surface area (Å²) in [5, 5.41) is 5.57. The molecule has 2 unspecified atom stereocenters. The Morgan fingerprint density at radius 1 is 1.82 bits per heavy atom. The predicted molar refractivity (Wildman–Crippen MR) is 42.9 cm³/mol. The lowest BCUT2D eigenvalue weighted by molar-refractivity contribution is 0.0213. The first-order chi connectivity index (χ1) is 5.22. The van der Waals surface area contributed by atoms with Crippen LogP contribution in [0.15, 0.2) is 4.99 Å². The van der Waals surface area contributed by atoms with Gasteiger partial charge in [0.1, 0.15) is 0 Å². The van der Waals surface area contributed by atoms with Gasteiger partial charge >= 0.3 is 0 Å². The van der Waals surface area contributed by atoms with Crippen molar-refractivity contribution in [2.24, 2.45) is 10.7 Å². The fourth-order valence-electron chi connectivity index (χ4n) is 0.754. The third-order valence-corrected chi connectivity index (χ3v) is 1.38. The number of halogens is 1. The summed E-state index contributed by atoms with van der Waals surface area (Å²) in [5.74, 6) is 0.294. The van der Waals surface area contributed by atoms with Gasteiger partial charge in [-0.3, -0.25) is 0 Å². The zero-order valence-electron chi connectivity index (χ0n) is 6.17. The third-order valence-electron chi connectivity index (χ3n) is 1.15. The lowest BCUT2D eigenvalue weighted by Crippen LogP contribution is -2.56. The fraction of sp³-hybridized carbons (Fsp3) is 0.800. The Morgan fingerprint density at radius 3 is 3.09 bits per heavy atom. The number of alkyl halides is 1. The molecule has 0 bridgehead atoms. The molecule has 1 aliphatic rings. The summed E-state index contributed by atoms with van der Waals surface area (Å²) in [4.78, 5) is 3.77. The maximum absolute atomic E-state index is 5.64. The maximum Gasteiger partial charge on any atom is 0.194 e. The molecule has 0 aromatic rings. The molecule has 5 nitrogen and oxygen atoms in total. The van der Waals surface area contributed by atoms with Gasteiger partial charge in [-0.1, -0.05) is 11.6 Å². The second-order valence-corrected chi connectivity index (χ2v) is 2.41. The van der Waals surface area contributed by atoms with Gasteiger partial charge in [0.15, 0.2) is 17.9 Å². The van der Waals surface area contributed by atoms with Crippen LogP contribution in [0.5, 0.6) is 0 Å². The highest BCUT2D eigenvalue weighted by Crippen LogP contribution is 1.99. The van der Waals surface area contributed by atoms with Gasteiger partial charge in [0, 0.05) is 6.61 Å². The lowest BCUT2D eigenvalue weighted by Gasteiger charge is -2.26. The van der Waals surface area contributed by atoms with Crippen molar-refractivity contribution in [2.75, 3.05) is 6.61 Å². The SMILES string of the molecule is CCOC1NC(N)=NC(Cl)N1. The average molecular weight is 179 g/mol. The first-order valence-electron chi connectivity index (χ1n) is 3.34. The van der Waals surface area contributed by atoms with Crippen LogP contribution in [0.25, 0.3) is 0 Å². The second kappa shape index (κ2) is 3.75. The van der Waals surface area contributed by atoms with Crippen LogP contribution in [-0.4, -0.2) is 24.5 Å². The molecule has 1 heterocycles. The molecular formula is C5H11ClN4O. The minimum absolute atomic E-state index is 0.294. The van der Waals surface area contributed by atoms with Gasteiger partial charge < -0.3 is 15.8 Å². The molecule has 0 saturated carbocycles. The molecule has 4 N–H and O–H groups in total. The number of aliphatic imine (C=N–C) groups is 1. The third kappa shape index (κ3) is 2.53. The van der Waals surface area contributed by atoms with Crippen molar-refractivity contribution in [3.05, 3.63) is 0 Å². The van der Waals surface area contributed by atoms with Gasteiger partial charge in [-0.25, -0.2) is 10.3 Å². The maximum atomic E-state index is 5.64. The molecule has 2 atom stereocenters. The number of guanidine groups is 1. The number of nitrogens with one attached hydrogen (secondary N) is 2. The number of hydrogen-bond acceptors (Lipinski definition) is 5. The van der Waals surface area contributed by atoms with E-state index in [9.17, 15) is 0 Å². The lowest BCUT2D eigenvalue weighted by atomic mass is 10.7. The van der Waals surface area contributed by atoms with Gasteiger partial charge in [-0.05, 0) is 6.92 Å². The van der Waals surface area contributed by atoms with E-state index in [1.165, 1.54) is 0 Å². The summed E-state index contributed by atoms with van der Waals surface area (Å²) in [5.41, 5.74) is 4.87. The zero-order valence-corrected chi connectivity index (χ0v) is 6.93. The summed E-state index contributed by atoms with van der Waals surface area (Å²) < 4.78 is 5.16. The molecule has 6 heteroatoms. The standard InChI is InChI=1S/C5H11ClN4O/c1-2-11-5-9-3(6)8-4(7)10-5/h3,5,9H,2H2,1H3,(H3,7,8,10). The Balaban J connectivity index is 2.43. The van der Waals surface area contributed by atoms with Crippen molar-refractivity contribution in [1.29, 1.82) is 0 Å². The Kier molecular flexibility index (Phi) is 2.92. The van der Waals surface area contributed by atoms with E-state index in [1.807, 2.05) is 6.92 Å². The highest BCUT2D eigenvalue weighted by molar-refractivity contribution is 6.20. The second-order valence-electron chi connectivity index (χ2n) is 2.00. The van der Waals surface area contributed by atoms with Crippen molar-refractivity contribution >= 4 is 17.6 Å². The van der Waals surface area contributed by atoms with E-state index in [2.05, 4.69) is 15.6 Å². The van der Waals surface area contributed by atoms with Crippen LogP contribution in [-0.2, 0) is 4.74 Å². The number of ether oxygens (including phenoxy) is 1. The van der Waals surface area contributed by atoms with Gasteiger partial charge in [-0.15, -0.1) is 0 Å².